The highest BCUT2D eigenvalue weighted by molar-refractivity contribution is 5.81. The summed E-state index contributed by atoms with van der Waals surface area (Å²) in [7, 11) is 0. The third kappa shape index (κ3) is 1.80. The average molecular weight is 250 g/mol. The molecule has 0 aromatic rings. The Morgan fingerprint density at radius 2 is 2.11 bits per heavy atom. The van der Waals surface area contributed by atoms with E-state index in [0.29, 0.717) is 24.4 Å². The molecule has 0 amide bonds. The number of carbonyl (C=O) groups excluding carboxylic acids is 1. The molecule has 6 atom stereocenters. The van der Waals surface area contributed by atoms with Crippen molar-refractivity contribution < 1.29 is 14.6 Å². The lowest BCUT2D eigenvalue weighted by Gasteiger charge is -2.29. The first-order valence-corrected chi connectivity index (χ1v) is 7.14. The topological polar surface area (TPSA) is 46.5 Å². The smallest absolute Gasteiger partial charge is 0.330 e. The standard InChI is InChI=1S/C15H22O3/c1-2-14(17)18-8-13-11(7-16)6-12-9-3-4-10(5-9)15(12)13/h2,9-13,15-16H,1,3-8H2. The van der Waals surface area contributed by atoms with E-state index in [4.69, 9.17) is 4.74 Å². The van der Waals surface area contributed by atoms with Crippen LogP contribution in [0.4, 0.5) is 0 Å². The highest BCUT2D eigenvalue weighted by Crippen LogP contribution is 2.62. The van der Waals surface area contributed by atoms with Crippen molar-refractivity contribution in [2.75, 3.05) is 13.2 Å². The van der Waals surface area contributed by atoms with Gasteiger partial charge in [-0.3, -0.25) is 0 Å². The molecule has 3 rings (SSSR count). The minimum Gasteiger partial charge on any atom is -0.462 e. The number of hydrogen-bond acceptors (Lipinski definition) is 3. The number of aliphatic hydroxyl groups excluding tert-OH is 1. The van der Waals surface area contributed by atoms with Crippen molar-refractivity contribution in [2.45, 2.75) is 25.7 Å². The van der Waals surface area contributed by atoms with Gasteiger partial charge in [0.1, 0.15) is 0 Å². The SMILES string of the molecule is C=CC(=O)OCC1C(CO)CC2C3CCC(C3)C12. The summed E-state index contributed by atoms with van der Waals surface area (Å²) >= 11 is 0. The normalized spacial score (nSPS) is 44.9. The molecule has 0 aliphatic heterocycles. The van der Waals surface area contributed by atoms with Crippen molar-refractivity contribution in [3.8, 4) is 0 Å². The van der Waals surface area contributed by atoms with Gasteiger partial charge in [0.2, 0.25) is 0 Å². The van der Waals surface area contributed by atoms with E-state index in [9.17, 15) is 9.90 Å². The number of esters is 1. The van der Waals surface area contributed by atoms with E-state index in [-0.39, 0.29) is 12.6 Å². The number of fused-ring (bicyclic) bond motifs is 5. The van der Waals surface area contributed by atoms with E-state index >= 15 is 0 Å². The lowest BCUT2D eigenvalue weighted by atomic mass is 9.77. The molecule has 0 spiro atoms. The molecular weight excluding hydrogens is 228 g/mol. The Bertz CT molecular complexity index is 352. The van der Waals surface area contributed by atoms with Crippen molar-refractivity contribution in [2.24, 2.45) is 35.5 Å². The zero-order chi connectivity index (χ0) is 12.7. The van der Waals surface area contributed by atoms with Crippen LogP contribution in [0.1, 0.15) is 25.7 Å². The third-order valence-corrected chi connectivity index (χ3v) is 5.65. The largest absolute Gasteiger partial charge is 0.462 e. The van der Waals surface area contributed by atoms with Gasteiger partial charge < -0.3 is 9.84 Å². The van der Waals surface area contributed by atoms with Crippen LogP contribution in [0.3, 0.4) is 0 Å². The van der Waals surface area contributed by atoms with Crippen molar-refractivity contribution >= 4 is 5.97 Å². The molecule has 3 saturated carbocycles. The molecule has 0 heterocycles. The van der Waals surface area contributed by atoms with Gasteiger partial charge in [0.15, 0.2) is 0 Å². The maximum absolute atomic E-state index is 11.2. The van der Waals surface area contributed by atoms with Gasteiger partial charge in [0.05, 0.1) is 6.61 Å². The molecule has 3 aliphatic rings. The van der Waals surface area contributed by atoms with E-state index in [1.807, 2.05) is 0 Å². The maximum atomic E-state index is 11.2. The summed E-state index contributed by atoms with van der Waals surface area (Å²) in [5.74, 6) is 3.56. The summed E-state index contributed by atoms with van der Waals surface area (Å²) in [6.45, 7) is 4.14. The number of ether oxygens (including phenoxy) is 1. The van der Waals surface area contributed by atoms with Crippen LogP contribution in [0.25, 0.3) is 0 Å². The Kier molecular flexibility index (Phi) is 3.18. The fourth-order valence-electron chi connectivity index (χ4n) is 5.00. The lowest BCUT2D eigenvalue weighted by Crippen LogP contribution is -2.29. The van der Waals surface area contributed by atoms with E-state index in [1.54, 1.807) is 0 Å². The van der Waals surface area contributed by atoms with Gasteiger partial charge in [0.25, 0.3) is 0 Å². The number of aliphatic hydroxyl groups is 1. The zero-order valence-corrected chi connectivity index (χ0v) is 10.8. The molecule has 0 saturated heterocycles. The Balaban J connectivity index is 1.70. The van der Waals surface area contributed by atoms with Crippen LogP contribution < -0.4 is 0 Å². The summed E-state index contributed by atoms with van der Waals surface area (Å²) in [6, 6.07) is 0. The molecule has 3 fully saturated rings. The number of carbonyl (C=O) groups is 1. The Morgan fingerprint density at radius 3 is 2.83 bits per heavy atom. The van der Waals surface area contributed by atoms with E-state index in [2.05, 4.69) is 6.58 Å². The number of rotatable bonds is 4. The van der Waals surface area contributed by atoms with Crippen LogP contribution in [-0.4, -0.2) is 24.3 Å². The fraction of sp³-hybridized carbons (Fsp3) is 0.800. The van der Waals surface area contributed by atoms with Gasteiger partial charge >= 0.3 is 5.97 Å². The van der Waals surface area contributed by atoms with Gasteiger partial charge in [-0.2, -0.15) is 0 Å². The van der Waals surface area contributed by atoms with Gasteiger partial charge in [-0.15, -0.1) is 0 Å². The Morgan fingerprint density at radius 1 is 1.33 bits per heavy atom. The van der Waals surface area contributed by atoms with Crippen LogP contribution in [0.2, 0.25) is 0 Å². The molecular formula is C15H22O3. The number of hydrogen-bond donors (Lipinski definition) is 1. The molecule has 0 aromatic carbocycles. The second-order valence-corrected chi connectivity index (χ2v) is 6.25. The van der Waals surface area contributed by atoms with Gasteiger partial charge in [0, 0.05) is 18.6 Å². The molecule has 2 bridgehead atoms. The molecule has 0 radical (unpaired) electrons. The van der Waals surface area contributed by atoms with Crippen molar-refractivity contribution in [1.29, 1.82) is 0 Å². The summed E-state index contributed by atoms with van der Waals surface area (Å²) in [5, 5.41) is 9.55. The zero-order valence-electron chi connectivity index (χ0n) is 10.8. The van der Waals surface area contributed by atoms with E-state index in [1.165, 1.54) is 25.3 Å². The fourth-order valence-corrected chi connectivity index (χ4v) is 5.00. The highest BCUT2D eigenvalue weighted by atomic mass is 16.5. The van der Waals surface area contributed by atoms with Crippen molar-refractivity contribution in [3.63, 3.8) is 0 Å². The first kappa shape index (κ1) is 12.2. The summed E-state index contributed by atoms with van der Waals surface area (Å²) in [4.78, 5) is 11.2. The van der Waals surface area contributed by atoms with Crippen LogP contribution in [0.15, 0.2) is 12.7 Å². The molecule has 18 heavy (non-hydrogen) atoms. The van der Waals surface area contributed by atoms with Crippen molar-refractivity contribution in [3.05, 3.63) is 12.7 Å². The summed E-state index contributed by atoms with van der Waals surface area (Å²) in [6.07, 6.45) is 6.46. The molecule has 100 valence electrons. The third-order valence-electron chi connectivity index (χ3n) is 5.65. The second-order valence-electron chi connectivity index (χ2n) is 6.25. The summed E-state index contributed by atoms with van der Waals surface area (Å²) in [5.41, 5.74) is 0. The van der Waals surface area contributed by atoms with Crippen LogP contribution in [0.5, 0.6) is 0 Å². The first-order chi connectivity index (χ1) is 8.74. The average Bonchev–Trinajstić information content (AvgIpc) is 3.06. The van der Waals surface area contributed by atoms with Crippen LogP contribution in [0, 0.1) is 35.5 Å². The minimum absolute atomic E-state index is 0.239. The van der Waals surface area contributed by atoms with Crippen LogP contribution in [-0.2, 0) is 9.53 Å². The first-order valence-electron chi connectivity index (χ1n) is 7.14. The lowest BCUT2D eigenvalue weighted by molar-refractivity contribution is -0.140. The highest BCUT2D eigenvalue weighted by Gasteiger charge is 2.56. The molecule has 6 unspecified atom stereocenters. The van der Waals surface area contributed by atoms with Crippen LogP contribution >= 0.6 is 0 Å². The second kappa shape index (κ2) is 4.69. The monoisotopic (exact) mass is 250 g/mol. The van der Waals surface area contributed by atoms with E-state index < -0.39 is 0 Å². The van der Waals surface area contributed by atoms with Gasteiger partial charge in [-0.25, -0.2) is 4.79 Å². The molecule has 3 nitrogen and oxygen atoms in total. The summed E-state index contributed by atoms with van der Waals surface area (Å²) < 4.78 is 5.25. The quantitative estimate of drug-likeness (QED) is 0.613. The predicted octanol–water partition coefficient (Wildman–Crippen LogP) is 2.01. The van der Waals surface area contributed by atoms with Gasteiger partial charge in [-0.1, -0.05) is 6.58 Å². The molecule has 3 aliphatic carbocycles. The molecule has 0 aromatic heterocycles. The minimum atomic E-state index is -0.335. The molecule has 1 N–H and O–H groups in total. The van der Waals surface area contributed by atoms with Crippen molar-refractivity contribution in [1.82, 2.24) is 0 Å². The van der Waals surface area contributed by atoms with Gasteiger partial charge in [-0.05, 0) is 55.3 Å². The Labute approximate surface area is 108 Å². The van der Waals surface area contributed by atoms with E-state index in [0.717, 1.165) is 24.2 Å². The maximum Gasteiger partial charge on any atom is 0.330 e. The Hall–Kier alpha value is -0.830. The predicted molar refractivity (Wildman–Crippen MR) is 67.6 cm³/mol. The molecule has 3 heteroatoms.